The first-order valence-corrected chi connectivity index (χ1v) is 5.85. The summed E-state index contributed by atoms with van der Waals surface area (Å²) in [6.07, 6.45) is 0.418. The highest BCUT2D eigenvalue weighted by Gasteiger charge is 1.98. The molecular formula is C13H19NO3. The van der Waals surface area contributed by atoms with Gasteiger partial charge in [0, 0.05) is 13.2 Å². The number of alkyl carbamates (subject to hydrolysis) is 1. The molecule has 0 unspecified atom stereocenters. The van der Waals surface area contributed by atoms with E-state index in [1.165, 1.54) is 0 Å². The van der Waals surface area contributed by atoms with Crippen LogP contribution in [0, 0.1) is 0 Å². The first-order valence-electron chi connectivity index (χ1n) is 5.85. The number of hydrogen-bond acceptors (Lipinski definition) is 3. The molecular weight excluding hydrogens is 218 g/mol. The first-order chi connectivity index (χ1) is 8.33. The van der Waals surface area contributed by atoms with Gasteiger partial charge < -0.3 is 14.8 Å². The van der Waals surface area contributed by atoms with Crippen molar-refractivity contribution in [3.05, 3.63) is 35.9 Å². The summed E-state index contributed by atoms with van der Waals surface area (Å²) < 4.78 is 10.2. The lowest BCUT2D eigenvalue weighted by molar-refractivity contribution is 0.116. The molecule has 0 aliphatic carbocycles. The summed E-state index contributed by atoms with van der Waals surface area (Å²) in [7, 11) is 0. The molecule has 1 amide bonds. The topological polar surface area (TPSA) is 47.6 Å². The number of benzene rings is 1. The van der Waals surface area contributed by atoms with Gasteiger partial charge in [-0.1, -0.05) is 30.3 Å². The number of ether oxygens (including phenoxy) is 2. The molecule has 17 heavy (non-hydrogen) atoms. The Morgan fingerprint density at radius 1 is 1.29 bits per heavy atom. The lowest BCUT2D eigenvalue weighted by Crippen LogP contribution is -2.25. The van der Waals surface area contributed by atoms with E-state index in [2.05, 4.69) is 5.32 Å². The Balaban J connectivity index is 1.96. The number of carbonyl (C=O) groups excluding carboxylic acids is 1. The van der Waals surface area contributed by atoms with Gasteiger partial charge in [0.1, 0.15) is 0 Å². The molecule has 4 nitrogen and oxygen atoms in total. The van der Waals surface area contributed by atoms with E-state index in [0.29, 0.717) is 26.4 Å². The molecule has 0 saturated heterocycles. The lowest BCUT2D eigenvalue weighted by atomic mass is 10.2. The fraction of sp³-hybridized carbons (Fsp3) is 0.462. The van der Waals surface area contributed by atoms with Gasteiger partial charge in [-0.15, -0.1) is 0 Å². The van der Waals surface area contributed by atoms with Gasteiger partial charge in [0.15, 0.2) is 0 Å². The van der Waals surface area contributed by atoms with Crippen molar-refractivity contribution < 1.29 is 14.3 Å². The lowest BCUT2D eigenvalue weighted by Gasteiger charge is -2.06. The van der Waals surface area contributed by atoms with Gasteiger partial charge in [-0.3, -0.25) is 0 Å². The molecule has 0 spiro atoms. The van der Waals surface area contributed by atoms with E-state index in [-0.39, 0.29) is 6.09 Å². The normalized spacial score (nSPS) is 9.94. The molecule has 0 aliphatic heterocycles. The molecule has 0 aliphatic rings. The van der Waals surface area contributed by atoms with Crippen molar-refractivity contribution in [2.45, 2.75) is 20.0 Å². The van der Waals surface area contributed by atoms with Crippen LogP contribution in [0.5, 0.6) is 0 Å². The largest absolute Gasteiger partial charge is 0.450 e. The highest BCUT2D eigenvalue weighted by molar-refractivity contribution is 5.66. The molecule has 4 heteroatoms. The fourth-order valence-corrected chi connectivity index (χ4v) is 1.31. The Hall–Kier alpha value is -1.55. The highest BCUT2D eigenvalue weighted by atomic mass is 16.5. The molecule has 1 aromatic carbocycles. The standard InChI is InChI=1S/C13H19NO3/c1-2-17-13(15)14-9-6-10-16-11-12-7-4-3-5-8-12/h3-5,7-8H,2,6,9-11H2,1H3,(H,14,15). The Morgan fingerprint density at radius 3 is 2.76 bits per heavy atom. The van der Waals surface area contributed by atoms with Gasteiger partial charge in [0.2, 0.25) is 0 Å². The van der Waals surface area contributed by atoms with Crippen LogP contribution in [0.25, 0.3) is 0 Å². The zero-order valence-corrected chi connectivity index (χ0v) is 10.1. The molecule has 1 aromatic rings. The Morgan fingerprint density at radius 2 is 2.06 bits per heavy atom. The Bertz CT molecular complexity index is 314. The summed E-state index contributed by atoms with van der Waals surface area (Å²) in [6.45, 7) is 3.99. The predicted octanol–water partition coefficient (Wildman–Crippen LogP) is 2.34. The van der Waals surface area contributed by atoms with E-state index >= 15 is 0 Å². The fourth-order valence-electron chi connectivity index (χ4n) is 1.31. The number of nitrogens with one attached hydrogen (secondary N) is 1. The monoisotopic (exact) mass is 237 g/mol. The molecule has 94 valence electrons. The van der Waals surface area contributed by atoms with Gasteiger partial charge in [-0.2, -0.15) is 0 Å². The minimum Gasteiger partial charge on any atom is -0.450 e. The Kier molecular flexibility index (Phi) is 6.82. The summed E-state index contributed by atoms with van der Waals surface area (Å²) in [4.78, 5) is 10.9. The van der Waals surface area contributed by atoms with Crippen molar-refractivity contribution in [3.8, 4) is 0 Å². The molecule has 0 saturated carbocycles. The van der Waals surface area contributed by atoms with E-state index in [0.717, 1.165) is 12.0 Å². The Labute approximate surface area is 102 Å². The van der Waals surface area contributed by atoms with Crippen molar-refractivity contribution in [2.75, 3.05) is 19.8 Å². The summed E-state index contributed by atoms with van der Waals surface area (Å²) in [5.74, 6) is 0. The zero-order valence-electron chi connectivity index (χ0n) is 10.1. The summed E-state index contributed by atoms with van der Waals surface area (Å²) in [5, 5.41) is 2.64. The minimum absolute atomic E-state index is 0.365. The average molecular weight is 237 g/mol. The van der Waals surface area contributed by atoms with Crippen LogP contribution in [0.15, 0.2) is 30.3 Å². The van der Waals surface area contributed by atoms with Crippen LogP contribution in [-0.2, 0) is 16.1 Å². The number of rotatable bonds is 7. The molecule has 1 N–H and O–H groups in total. The molecule has 0 aromatic heterocycles. The van der Waals surface area contributed by atoms with E-state index < -0.39 is 0 Å². The van der Waals surface area contributed by atoms with Crippen molar-refractivity contribution in [1.82, 2.24) is 5.32 Å². The summed E-state index contributed by atoms with van der Waals surface area (Å²) in [6, 6.07) is 10.0. The van der Waals surface area contributed by atoms with Crippen LogP contribution < -0.4 is 5.32 Å². The van der Waals surface area contributed by atoms with E-state index in [9.17, 15) is 4.79 Å². The number of hydrogen-bond donors (Lipinski definition) is 1. The quantitative estimate of drug-likeness (QED) is 0.740. The SMILES string of the molecule is CCOC(=O)NCCCOCc1ccccc1. The third-order valence-corrected chi connectivity index (χ3v) is 2.12. The summed E-state index contributed by atoms with van der Waals surface area (Å²) >= 11 is 0. The van der Waals surface area contributed by atoms with Crippen LogP contribution in [0.4, 0.5) is 4.79 Å². The molecule has 0 bridgehead atoms. The van der Waals surface area contributed by atoms with Gasteiger partial charge in [-0.25, -0.2) is 4.79 Å². The third-order valence-electron chi connectivity index (χ3n) is 2.12. The van der Waals surface area contributed by atoms with E-state index in [1.807, 2.05) is 30.3 Å². The third kappa shape index (κ3) is 6.58. The second-order valence-corrected chi connectivity index (χ2v) is 3.54. The van der Waals surface area contributed by atoms with Gasteiger partial charge in [0.05, 0.1) is 13.2 Å². The summed E-state index contributed by atoms with van der Waals surface area (Å²) in [5.41, 5.74) is 1.16. The van der Waals surface area contributed by atoms with Crippen LogP contribution in [-0.4, -0.2) is 25.9 Å². The number of amides is 1. The van der Waals surface area contributed by atoms with Crippen LogP contribution >= 0.6 is 0 Å². The minimum atomic E-state index is -0.365. The van der Waals surface area contributed by atoms with Crippen LogP contribution in [0.1, 0.15) is 18.9 Å². The smallest absolute Gasteiger partial charge is 0.407 e. The van der Waals surface area contributed by atoms with Crippen molar-refractivity contribution in [3.63, 3.8) is 0 Å². The first kappa shape index (κ1) is 13.5. The maximum Gasteiger partial charge on any atom is 0.407 e. The van der Waals surface area contributed by atoms with Gasteiger partial charge in [-0.05, 0) is 18.9 Å². The van der Waals surface area contributed by atoms with Gasteiger partial charge in [0.25, 0.3) is 0 Å². The van der Waals surface area contributed by atoms with E-state index in [1.54, 1.807) is 6.92 Å². The molecule has 1 rings (SSSR count). The molecule has 0 fully saturated rings. The predicted molar refractivity (Wildman–Crippen MR) is 65.7 cm³/mol. The van der Waals surface area contributed by atoms with Crippen molar-refractivity contribution in [1.29, 1.82) is 0 Å². The number of carbonyl (C=O) groups is 1. The maximum atomic E-state index is 10.9. The van der Waals surface area contributed by atoms with E-state index in [4.69, 9.17) is 9.47 Å². The second-order valence-electron chi connectivity index (χ2n) is 3.54. The zero-order chi connectivity index (χ0) is 12.3. The average Bonchev–Trinajstić information content (AvgIpc) is 2.35. The van der Waals surface area contributed by atoms with Crippen molar-refractivity contribution in [2.24, 2.45) is 0 Å². The molecule has 0 heterocycles. The second kappa shape index (κ2) is 8.58. The molecule has 0 radical (unpaired) electrons. The van der Waals surface area contributed by atoms with Crippen LogP contribution in [0.3, 0.4) is 0 Å². The van der Waals surface area contributed by atoms with Crippen molar-refractivity contribution >= 4 is 6.09 Å². The van der Waals surface area contributed by atoms with Crippen LogP contribution in [0.2, 0.25) is 0 Å². The highest BCUT2D eigenvalue weighted by Crippen LogP contribution is 2.00. The van der Waals surface area contributed by atoms with Gasteiger partial charge >= 0.3 is 6.09 Å². The maximum absolute atomic E-state index is 10.9. The molecule has 0 atom stereocenters.